The molecule has 0 saturated carbocycles. The summed E-state index contributed by atoms with van der Waals surface area (Å²) in [6, 6.07) is 13.9. The number of halogens is 2. The Morgan fingerprint density at radius 2 is 1.76 bits per heavy atom. The summed E-state index contributed by atoms with van der Waals surface area (Å²) in [6.45, 7) is 0. The third kappa shape index (κ3) is 2.48. The Balaban J connectivity index is 2.11. The third-order valence-electron chi connectivity index (χ3n) is 3.22. The Morgan fingerprint density at radius 3 is 2.43 bits per heavy atom. The van der Waals surface area contributed by atoms with Crippen LogP contribution < -0.4 is 0 Å². The molecule has 0 aliphatic heterocycles. The van der Waals surface area contributed by atoms with Gasteiger partial charge in [-0.25, -0.2) is 0 Å². The van der Waals surface area contributed by atoms with Gasteiger partial charge in [0.05, 0.1) is 6.07 Å². The molecule has 0 aliphatic rings. The molecule has 4 nitrogen and oxygen atoms in total. The van der Waals surface area contributed by atoms with Gasteiger partial charge in [0.15, 0.2) is 0 Å². The van der Waals surface area contributed by atoms with Gasteiger partial charge in [0.2, 0.25) is 0 Å². The lowest BCUT2D eigenvalue weighted by Crippen LogP contribution is -1.93. The van der Waals surface area contributed by atoms with Crippen molar-refractivity contribution in [2.45, 2.75) is 5.38 Å². The number of hydrogen-bond acceptors (Lipinski definition) is 3. The van der Waals surface area contributed by atoms with Gasteiger partial charge in [0, 0.05) is 10.4 Å². The molecule has 1 aromatic heterocycles. The second-order valence-corrected chi connectivity index (χ2v) is 5.32. The Bertz CT molecular complexity index is 829. The average Bonchev–Trinajstić information content (AvgIpc) is 2.97. The zero-order chi connectivity index (χ0) is 15.0. The first-order valence-electron chi connectivity index (χ1n) is 6.13. The summed E-state index contributed by atoms with van der Waals surface area (Å²) in [5, 5.41) is 12.5. The van der Waals surface area contributed by atoms with E-state index < -0.39 is 10.3 Å². The van der Waals surface area contributed by atoms with Crippen molar-refractivity contribution < 1.29 is 9.34 Å². The van der Waals surface area contributed by atoms with Crippen LogP contribution in [0.4, 0.5) is 5.88 Å². The second-order valence-electron chi connectivity index (χ2n) is 4.48. The second kappa shape index (κ2) is 5.39. The van der Waals surface area contributed by atoms with E-state index in [9.17, 15) is 10.1 Å². The quantitative estimate of drug-likeness (QED) is 0.372. The minimum atomic E-state index is -0.624. The monoisotopic (exact) mass is 321 g/mol. The number of fused-ring (bicyclic) bond motifs is 1. The molecular weight excluding hydrogens is 313 g/mol. The summed E-state index contributed by atoms with van der Waals surface area (Å²) in [5.41, 5.74) is 0.793. The molecule has 1 unspecified atom stereocenters. The number of nitrogens with zero attached hydrogens (tertiary/aromatic N) is 1. The predicted octanol–water partition coefficient (Wildman–Crippen LogP) is 5.32. The third-order valence-corrected chi connectivity index (χ3v) is 4.00. The van der Waals surface area contributed by atoms with Crippen molar-refractivity contribution in [1.29, 1.82) is 0 Å². The van der Waals surface area contributed by atoms with Crippen LogP contribution in [0, 0.1) is 10.1 Å². The van der Waals surface area contributed by atoms with E-state index in [1.54, 1.807) is 12.1 Å². The van der Waals surface area contributed by atoms with Crippen molar-refractivity contribution in [2.75, 3.05) is 0 Å². The van der Waals surface area contributed by atoms with E-state index in [4.69, 9.17) is 27.6 Å². The van der Waals surface area contributed by atoms with E-state index in [1.165, 1.54) is 12.1 Å². The molecule has 6 heteroatoms. The maximum Gasteiger partial charge on any atom is 0.433 e. The molecule has 3 rings (SSSR count). The average molecular weight is 322 g/mol. The Morgan fingerprint density at radius 1 is 1.05 bits per heavy atom. The Hall–Kier alpha value is -2.04. The number of alkyl halides is 1. The van der Waals surface area contributed by atoms with Gasteiger partial charge in [-0.05, 0) is 23.1 Å². The summed E-state index contributed by atoms with van der Waals surface area (Å²) < 4.78 is 5.18. The van der Waals surface area contributed by atoms with Crippen LogP contribution in [0.5, 0.6) is 0 Å². The number of benzene rings is 2. The molecule has 0 N–H and O–H groups in total. The van der Waals surface area contributed by atoms with Crippen molar-refractivity contribution in [3.8, 4) is 0 Å². The van der Waals surface area contributed by atoms with Gasteiger partial charge in [-0.2, -0.15) is 0 Å². The first-order valence-corrected chi connectivity index (χ1v) is 6.94. The van der Waals surface area contributed by atoms with E-state index in [-0.39, 0.29) is 5.88 Å². The summed E-state index contributed by atoms with van der Waals surface area (Å²) >= 11 is 12.6. The molecule has 0 fully saturated rings. The van der Waals surface area contributed by atoms with Crippen LogP contribution in [0.1, 0.15) is 16.7 Å². The smallest absolute Gasteiger partial charge is 0.404 e. The summed E-state index contributed by atoms with van der Waals surface area (Å²) in [5.74, 6) is 0.00441. The van der Waals surface area contributed by atoms with Gasteiger partial charge in [0.1, 0.15) is 16.1 Å². The zero-order valence-electron chi connectivity index (χ0n) is 10.6. The molecule has 0 radical (unpaired) electrons. The van der Waals surface area contributed by atoms with Gasteiger partial charge in [0.25, 0.3) is 0 Å². The molecule has 0 saturated heterocycles. The van der Waals surface area contributed by atoms with Gasteiger partial charge in [-0.1, -0.05) is 41.9 Å². The molecule has 21 heavy (non-hydrogen) atoms. The fraction of sp³-hybridized carbons (Fsp3) is 0.0667. The fourth-order valence-corrected chi connectivity index (χ4v) is 2.77. The van der Waals surface area contributed by atoms with Crippen LogP contribution >= 0.6 is 23.2 Å². The van der Waals surface area contributed by atoms with E-state index >= 15 is 0 Å². The van der Waals surface area contributed by atoms with Crippen LogP contribution in [0.25, 0.3) is 10.8 Å². The maximum atomic E-state index is 10.7. The van der Waals surface area contributed by atoms with E-state index in [2.05, 4.69) is 0 Å². The molecule has 106 valence electrons. The van der Waals surface area contributed by atoms with Crippen LogP contribution in [-0.4, -0.2) is 4.92 Å². The van der Waals surface area contributed by atoms with E-state index in [0.29, 0.717) is 10.8 Å². The highest BCUT2D eigenvalue weighted by Gasteiger charge is 2.21. The number of rotatable bonds is 3. The molecule has 0 amide bonds. The van der Waals surface area contributed by atoms with Crippen molar-refractivity contribution in [3.63, 3.8) is 0 Å². The van der Waals surface area contributed by atoms with Crippen LogP contribution in [0.3, 0.4) is 0 Å². The first-order chi connectivity index (χ1) is 10.1. The van der Waals surface area contributed by atoms with Crippen molar-refractivity contribution in [1.82, 2.24) is 0 Å². The zero-order valence-corrected chi connectivity index (χ0v) is 12.1. The van der Waals surface area contributed by atoms with Crippen molar-refractivity contribution in [3.05, 3.63) is 75.0 Å². The minimum Gasteiger partial charge on any atom is -0.404 e. The lowest BCUT2D eigenvalue weighted by molar-refractivity contribution is -0.402. The van der Waals surface area contributed by atoms with Gasteiger partial charge < -0.3 is 4.42 Å². The lowest BCUT2D eigenvalue weighted by Gasteiger charge is -2.11. The number of furan rings is 1. The molecule has 1 heterocycles. The highest BCUT2D eigenvalue weighted by molar-refractivity contribution is 6.36. The fourth-order valence-electron chi connectivity index (χ4n) is 2.24. The molecule has 3 aromatic rings. The van der Waals surface area contributed by atoms with E-state index in [0.717, 1.165) is 16.3 Å². The highest BCUT2D eigenvalue weighted by Crippen LogP contribution is 2.37. The van der Waals surface area contributed by atoms with Crippen LogP contribution in [0.2, 0.25) is 5.02 Å². The topological polar surface area (TPSA) is 56.3 Å². The molecule has 1 atom stereocenters. The molecular formula is C15H9Cl2NO3. The largest absolute Gasteiger partial charge is 0.433 e. The molecule has 0 aliphatic carbocycles. The van der Waals surface area contributed by atoms with Crippen LogP contribution in [0.15, 0.2) is 52.9 Å². The predicted molar refractivity (Wildman–Crippen MR) is 82.0 cm³/mol. The minimum absolute atomic E-state index is 0.325. The maximum absolute atomic E-state index is 10.7. The molecule has 0 bridgehead atoms. The lowest BCUT2D eigenvalue weighted by atomic mass is 10.0. The highest BCUT2D eigenvalue weighted by atomic mass is 35.5. The molecule has 2 aromatic carbocycles. The standard InChI is InChI=1S/C15H9Cl2NO3/c16-12-6-5-11(9-3-1-2-4-10(9)12)15(17)13-7-8-14(21-13)18(19)20/h1-8,15H. The van der Waals surface area contributed by atoms with Gasteiger partial charge in [-0.3, -0.25) is 10.1 Å². The molecule has 0 spiro atoms. The van der Waals surface area contributed by atoms with Gasteiger partial charge >= 0.3 is 5.88 Å². The first kappa shape index (κ1) is 13.9. The summed E-state index contributed by atoms with van der Waals surface area (Å²) in [7, 11) is 0. The number of hydrogen-bond donors (Lipinski definition) is 0. The normalized spacial score (nSPS) is 12.5. The van der Waals surface area contributed by atoms with Gasteiger partial charge in [-0.15, -0.1) is 11.6 Å². The Labute approximate surface area is 130 Å². The Kier molecular flexibility index (Phi) is 3.57. The van der Waals surface area contributed by atoms with E-state index in [1.807, 2.05) is 24.3 Å². The SMILES string of the molecule is O=[N+]([O-])c1ccc(C(Cl)c2ccc(Cl)c3ccccc23)o1. The summed E-state index contributed by atoms with van der Waals surface area (Å²) in [4.78, 5) is 10.1. The summed E-state index contributed by atoms with van der Waals surface area (Å²) in [6.07, 6.45) is 0. The van der Waals surface area contributed by atoms with Crippen molar-refractivity contribution in [2.24, 2.45) is 0 Å². The van der Waals surface area contributed by atoms with Crippen LogP contribution in [-0.2, 0) is 0 Å². The van der Waals surface area contributed by atoms with Crippen molar-refractivity contribution >= 4 is 39.9 Å². The number of nitro groups is 1.